The Morgan fingerprint density at radius 1 is 0.682 bits per heavy atom. The van der Waals surface area contributed by atoms with Gasteiger partial charge in [0.05, 0.1) is 23.7 Å². The van der Waals surface area contributed by atoms with Crippen molar-refractivity contribution in [3.8, 4) is 0 Å². The Morgan fingerprint density at radius 2 is 1.00 bits per heavy atom. The molecule has 8 nitrogen and oxygen atoms in total. The zero-order valence-electron chi connectivity index (χ0n) is 11.9. The molecule has 8 heteroatoms. The average Bonchev–Trinajstić information content (AvgIpc) is 2.29. The average molecular weight is 314 g/mol. The van der Waals surface area contributed by atoms with Gasteiger partial charge in [0.15, 0.2) is 0 Å². The van der Waals surface area contributed by atoms with Crippen LogP contribution in [0, 0.1) is 23.7 Å². The van der Waals surface area contributed by atoms with Gasteiger partial charge in [-0.1, -0.05) is 0 Å². The second kappa shape index (κ2) is 6.76. The third-order valence-corrected chi connectivity index (χ3v) is 4.21. The molecule has 122 valence electrons. The highest BCUT2D eigenvalue weighted by Gasteiger charge is 2.40. The van der Waals surface area contributed by atoms with Gasteiger partial charge in [0, 0.05) is 0 Å². The van der Waals surface area contributed by atoms with E-state index in [1.165, 1.54) is 0 Å². The fraction of sp³-hybridized carbons (Fsp3) is 0.714. The molecule has 0 saturated heterocycles. The number of carboxylic acids is 2. The highest BCUT2D eigenvalue weighted by molar-refractivity contribution is 5.79. The van der Waals surface area contributed by atoms with Crippen LogP contribution in [0.5, 0.6) is 0 Å². The quantitative estimate of drug-likeness (QED) is 0.507. The van der Waals surface area contributed by atoms with Crippen molar-refractivity contribution in [3.05, 3.63) is 0 Å². The third-order valence-electron chi connectivity index (χ3n) is 4.21. The molecule has 2 rings (SSSR count). The Kier molecular flexibility index (Phi) is 4.99. The Morgan fingerprint density at radius 3 is 1.27 bits per heavy atom. The number of rotatable bonds is 7. The van der Waals surface area contributed by atoms with E-state index in [2.05, 4.69) is 0 Å². The summed E-state index contributed by atoms with van der Waals surface area (Å²) in [6, 6.07) is 0. The summed E-state index contributed by atoms with van der Waals surface area (Å²) >= 11 is 0. The van der Waals surface area contributed by atoms with Gasteiger partial charge in [0.2, 0.25) is 0 Å². The van der Waals surface area contributed by atoms with Crippen molar-refractivity contribution in [2.24, 2.45) is 23.7 Å². The van der Waals surface area contributed by atoms with E-state index < -0.39 is 35.7 Å². The lowest BCUT2D eigenvalue weighted by molar-refractivity contribution is -0.166. The standard InChI is InChI=1S/C14H18O8/c15-11(16)7-3-9(4-7)13(19)21-1-2-22-14(20)10-5-8(6-10)12(17)18/h7-10H,1-6H2,(H,15,16)(H,17,18). The minimum absolute atomic E-state index is 0.0755. The summed E-state index contributed by atoms with van der Waals surface area (Å²) < 4.78 is 9.82. The molecule has 2 N–H and O–H groups in total. The lowest BCUT2D eigenvalue weighted by Crippen LogP contribution is -2.37. The summed E-state index contributed by atoms with van der Waals surface area (Å²) in [5.41, 5.74) is 0. The SMILES string of the molecule is O=C(O)C1CC(C(=O)OCCOC(=O)C2CC(C(=O)O)C2)C1. The predicted octanol–water partition coefficient (Wildman–Crippen LogP) is 0.294. The Bertz CT molecular complexity index is 429. The number of ether oxygens (including phenoxy) is 2. The van der Waals surface area contributed by atoms with Gasteiger partial charge in [-0.2, -0.15) is 0 Å². The van der Waals surface area contributed by atoms with Gasteiger partial charge in [0.25, 0.3) is 0 Å². The number of hydrogen-bond donors (Lipinski definition) is 2. The van der Waals surface area contributed by atoms with Gasteiger partial charge in [-0.15, -0.1) is 0 Å². The normalized spacial score (nSPS) is 29.6. The van der Waals surface area contributed by atoms with Crippen molar-refractivity contribution < 1.29 is 38.9 Å². The van der Waals surface area contributed by atoms with Crippen molar-refractivity contribution in [2.75, 3.05) is 13.2 Å². The molecule has 0 aromatic rings. The maximum Gasteiger partial charge on any atom is 0.309 e. The monoisotopic (exact) mass is 314 g/mol. The summed E-state index contributed by atoms with van der Waals surface area (Å²) in [5.74, 6) is -4.48. The van der Waals surface area contributed by atoms with E-state index in [-0.39, 0.29) is 50.7 Å². The lowest BCUT2D eigenvalue weighted by Gasteiger charge is -2.30. The molecule has 0 bridgehead atoms. The molecule has 0 atom stereocenters. The first kappa shape index (κ1) is 16.3. The maximum absolute atomic E-state index is 11.5. The first-order valence-electron chi connectivity index (χ1n) is 7.17. The van der Waals surface area contributed by atoms with Crippen LogP contribution in [0.2, 0.25) is 0 Å². The van der Waals surface area contributed by atoms with Crippen LogP contribution in [0.1, 0.15) is 25.7 Å². The van der Waals surface area contributed by atoms with Crippen molar-refractivity contribution in [1.29, 1.82) is 0 Å². The fourth-order valence-electron chi connectivity index (χ4n) is 2.54. The van der Waals surface area contributed by atoms with Gasteiger partial charge in [-0.25, -0.2) is 0 Å². The fourth-order valence-corrected chi connectivity index (χ4v) is 2.54. The molecule has 2 saturated carbocycles. The number of carbonyl (C=O) groups excluding carboxylic acids is 2. The van der Waals surface area contributed by atoms with E-state index in [4.69, 9.17) is 19.7 Å². The number of hydrogen-bond acceptors (Lipinski definition) is 6. The minimum Gasteiger partial charge on any atom is -0.481 e. The zero-order chi connectivity index (χ0) is 16.3. The molecule has 2 aliphatic carbocycles. The van der Waals surface area contributed by atoms with Gasteiger partial charge in [-0.3, -0.25) is 19.2 Å². The number of aliphatic carboxylic acids is 2. The van der Waals surface area contributed by atoms with E-state index in [1.54, 1.807) is 0 Å². The Labute approximate surface area is 126 Å². The van der Waals surface area contributed by atoms with E-state index in [1.807, 2.05) is 0 Å². The Balaban J connectivity index is 1.53. The second-order valence-corrected chi connectivity index (χ2v) is 5.74. The van der Waals surface area contributed by atoms with Gasteiger partial charge in [0.1, 0.15) is 13.2 Å². The minimum atomic E-state index is -0.904. The zero-order valence-corrected chi connectivity index (χ0v) is 11.9. The molecule has 0 amide bonds. The summed E-state index contributed by atoms with van der Waals surface area (Å²) in [7, 11) is 0. The summed E-state index contributed by atoms with van der Waals surface area (Å²) in [5, 5.41) is 17.4. The topological polar surface area (TPSA) is 127 Å². The van der Waals surface area contributed by atoms with Crippen LogP contribution < -0.4 is 0 Å². The van der Waals surface area contributed by atoms with Crippen LogP contribution in [0.15, 0.2) is 0 Å². The molecule has 2 fully saturated rings. The molecule has 22 heavy (non-hydrogen) atoms. The van der Waals surface area contributed by atoms with Crippen molar-refractivity contribution in [2.45, 2.75) is 25.7 Å². The largest absolute Gasteiger partial charge is 0.481 e. The Hall–Kier alpha value is -2.12. The molecule has 0 unspecified atom stereocenters. The highest BCUT2D eigenvalue weighted by Crippen LogP contribution is 2.35. The molecule has 0 aromatic heterocycles. The molecule has 0 heterocycles. The predicted molar refractivity (Wildman–Crippen MR) is 69.6 cm³/mol. The second-order valence-electron chi connectivity index (χ2n) is 5.74. The van der Waals surface area contributed by atoms with Crippen molar-refractivity contribution in [3.63, 3.8) is 0 Å². The summed E-state index contributed by atoms with van der Waals surface area (Å²) in [6.07, 6.45) is 1.14. The number of carboxylic acid groups (broad SMARTS) is 2. The van der Waals surface area contributed by atoms with E-state index in [0.29, 0.717) is 0 Å². The summed E-state index contributed by atoms with van der Waals surface area (Å²) in [6.45, 7) is -0.151. The van der Waals surface area contributed by atoms with Crippen LogP contribution in [0.25, 0.3) is 0 Å². The molecule has 0 radical (unpaired) electrons. The van der Waals surface area contributed by atoms with E-state index >= 15 is 0 Å². The molecule has 0 aromatic carbocycles. The van der Waals surface area contributed by atoms with Crippen LogP contribution in [0.3, 0.4) is 0 Å². The van der Waals surface area contributed by atoms with Gasteiger partial charge in [-0.05, 0) is 25.7 Å². The van der Waals surface area contributed by atoms with E-state index in [9.17, 15) is 19.2 Å². The smallest absolute Gasteiger partial charge is 0.309 e. The number of esters is 2. The van der Waals surface area contributed by atoms with Crippen LogP contribution in [-0.2, 0) is 28.7 Å². The van der Waals surface area contributed by atoms with Crippen molar-refractivity contribution in [1.82, 2.24) is 0 Å². The van der Waals surface area contributed by atoms with Crippen LogP contribution in [0.4, 0.5) is 0 Å². The van der Waals surface area contributed by atoms with Crippen LogP contribution >= 0.6 is 0 Å². The first-order valence-corrected chi connectivity index (χ1v) is 7.17. The molecule has 0 aliphatic heterocycles. The maximum atomic E-state index is 11.5. The third kappa shape index (κ3) is 3.75. The van der Waals surface area contributed by atoms with Gasteiger partial charge >= 0.3 is 23.9 Å². The van der Waals surface area contributed by atoms with Crippen molar-refractivity contribution >= 4 is 23.9 Å². The molecular formula is C14H18O8. The molecular weight excluding hydrogens is 296 g/mol. The van der Waals surface area contributed by atoms with Crippen LogP contribution in [-0.4, -0.2) is 47.3 Å². The number of carbonyl (C=O) groups is 4. The van der Waals surface area contributed by atoms with E-state index in [0.717, 1.165) is 0 Å². The highest BCUT2D eigenvalue weighted by atomic mass is 16.6. The lowest BCUT2D eigenvalue weighted by atomic mass is 9.75. The first-order chi connectivity index (χ1) is 10.4. The summed E-state index contributed by atoms with van der Waals surface area (Å²) in [4.78, 5) is 44.3. The van der Waals surface area contributed by atoms with Gasteiger partial charge < -0.3 is 19.7 Å². The molecule has 0 spiro atoms. The molecule has 2 aliphatic rings.